The summed E-state index contributed by atoms with van der Waals surface area (Å²) in [7, 11) is -2.04. The number of halogens is 1. The van der Waals surface area contributed by atoms with E-state index in [9.17, 15) is 8.42 Å². The van der Waals surface area contributed by atoms with Gasteiger partial charge in [-0.1, -0.05) is 11.6 Å². The average Bonchev–Trinajstić information content (AvgIpc) is 2.39. The smallest absolute Gasteiger partial charge is 0.262 e. The predicted octanol–water partition coefficient (Wildman–Crippen LogP) is 1.11. The van der Waals surface area contributed by atoms with Crippen LogP contribution in [-0.2, 0) is 10.0 Å². The maximum Gasteiger partial charge on any atom is 0.262 e. The number of nitrogens with one attached hydrogen (secondary N) is 1. The van der Waals surface area contributed by atoms with Gasteiger partial charge in [-0.3, -0.25) is 0 Å². The Morgan fingerprint density at radius 3 is 2.94 bits per heavy atom. The Bertz CT molecular complexity index is 515. The molecule has 2 heterocycles. The van der Waals surface area contributed by atoms with E-state index in [0.29, 0.717) is 6.54 Å². The molecule has 0 saturated carbocycles. The lowest BCUT2D eigenvalue weighted by atomic mass is 10.1. The molecule has 0 radical (unpaired) electrons. The van der Waals surface area contributed by atoms with Gasteiger partial charge in [-0.05, 0) is 31.5 Å². The van der Waals surface area contributed by atoms with Gasteiger partial charge in [0.25, 0.3) is 10.0 Å². The lowest BCUT2D eigenvalue weighted by Gasteiger charge is -2.30. The van der Waals surface area contributed by atoms with Crippen LogP contribution in [0, 0.1) is 0 Å². The molecule has 18 heavy (non-hydrogen) atoms. The van der Waals surface area contributed by atoms with Crippen molar-refractivity contribution in [2.45, 2.75) is 23.9 Å². The van der Waals surface area contributed by atoms with E-state index in [0.717, 1.165) is 19.4 Å². The third-order valence-electron chi connectivity index (χ3n) is 3.13. The minimum Gasteiger partial charge on any atom is -0.315 e. The molecule has 1 unspecified atom stereocenters. The third kappa shape index (κ3) is 2.66. The number of aromatic nitrogens is 1. The molecule has 0 aromatic carbocycles. The minimum atomic E-state index is -3.62. The molecular formula is C11H16ClN3O2S. The molecule has 1 N–H and O–H groups in total. The van der Waals surface area contributed by atoms with E-state index < -0.39 is 10.0 Å². The van der Waals surface area contributed by atoms with Crippen molar-refractivity contribution < 1.29 is 8.42 Å². The first-order valence-electron chi connectivity index (χ1n) is 5.83. The molecule has 2 rings (SSSR count). The summed E-state index contributed by atoms with van der Waals surface area (Å²) >= 11 is 5.91. The normalized spacial score (nSPS) is 21.2. The van der Waals surface area contributed by atoms with E-state index in [1.807, 2.05) is 0 Å². The molecule has 1 saturated heterocycles. The molecule has 1 aliphatic rings. The standard InChI is InChI=1S/C11H16ClN3O2S/c1-15(9-4-2-6-13-8-9)18(16,17)11-10(12)5-3-7-14-11/h3,5,7,9,13H,2,4,6,8H2,1H3. The highest BCUT2D eigenvalue weighted by atomic mass is 35.5. The van der Waals surface area contributed by atoms with Crippen LogP contribution in [0.5, 0.6) is 0 Å². The summed E-state index contributed by atoms with van der Waals surface area (Å²) in [5, 5.41) is 3.29. The van der Waals surface area contributed by atoms with Gasteiger partial charge in [-0.15, -0.1) is 0 Å². The number of piperidine rings is 1. The Labute approximate surface area is 112 Å². The van der Waals surface area contributed by atoms with Crippen molar-refractivity contribution in [2.24, 2.45) is 0 Å². The monoisotopic (exact) mass is 289 g/mol. The van der Waals surface area contributed by atoms with Crippen LogP contribution in [0.4, 0.5) is 0 Å². The van der Waals surface area contributed by atoms with Crippen LogP contribution in [0.15, 0.2) is 23.4 Å². The Kier molecular flexibility index (Phi) is 4.21. The summed E-state index contributed by atoms with van der Waals surface area (Å²) in [6.45, 7) is 1.61. The lowest BCUT2D eigenvalue weighted by Crippen LogP contribution is -2.46. The topological polar surface area (TPSA) is 62.3 Å². The summed E-state index contributed by atoms with van der Waals surface area (Å²) in [6, 6.07) is 3.11. The molecule has 1 aliphatic heterocycles. The van der Waals surface area contributed by atoms with Crippen molar-refractivity contribution >= 4 is 21.6 Å². The summed E-state index contributed by atoms with van der Waals surface area (Å²) in [5.74, 6) is 0. The van der Waals surface area contributed by atoms with Crippen LogP contribution in [-0.4, -0.2) is 43.9 Å². The molecule has 100 valence electrons. The van der Waals surface area contributed by atoms with Gasteiger partial charge in [-0.2, -0.15) is 4.31 Å². The first kappa shape index (κ1) is 13.7. The molecule has 1 atom stereocenters. The molecule has 0 bridgehead atoms. The molecule has 5 nitrogen and oxygen atoms in total. The second-order valence-electron chi connectivity index (χ2n) is 4.31. The van der Waals surface area contributed by atoms with Crippen LogP contribution in [0.1, 0.15) is 12.8 Å². The highest BCUT2D eigenvalue weighted by Crippen LogP contribution is 2.23. The number of sulfonamides is 1. The summed E-state index contributed by atoms with van der Waals surface area (Å²) in [4.78, 5) is 3.88. The molecular weight excluding hydrogens is 274 g/mol. The summed E-state index contributed by atoms with van der Waals surface area (Å²) < 4.78 is 26.2. The van der Waals surface area contributed by atoms with E-state index in [1.54, 1.807) is 13.1 Å². The molecule has 0 amide bonds. The van der Waals surface area contributed by atoms with Crippen molar-refractivity contribution in [3.63, 3.8) is 0 Å². The average molecular weight is 290 g/mol. The quantitative estimate of drug-likeness (QED) is 0.905. The zero-order valence-electron chi connectivity index (χ0n) is 10.1. The molecule has 0 aliphatic carbocycles. The van der Waals surface area contributed by atoms with Gasteiger partial charge in [-0.25, -0.2) is 13.4 Å². The highest BCUT2D eigenvalue weighted by molar-refractivity contribution is 7.89. The van der Waals surface area contributed by atoms with Gasteiger partial charge in [0, 0.05) is 25.8 Å². The van der Waals surface area contributed by atoms with Crippen LogP contribution in [0.25, 0.3) is 0 Å². The Morgan fingerprint density at radius 2 is 2.33 bits per heavy atom. The van der Waals surface area contributed by atoms with E-state index >= 15 is 0 Å². The summed E-state index contributed by atoms with van der Waals surface area (Å²) in [6.07, 6.45) is 3.26. The van der Waals surface area contributed by atoms with Crippen molar-refractivity contribution in [3.05, 3.63) is 23.4 Å². The zero-order valence-corrected chi connectivity index (χ0v) is 11.7. The van der Waals surface area contributed by atoms with E-state index in [1.165, 1.54) is 16.6 Å². The fourth-order valence-electron chi connectivity index (χ4n) is 2.04. The van der Waals surface area contributed by atoms with Crippen LogP contribution >= 0.6 is 11.6 Å². The molecule has 1 aromatic rings. The van der Waals surface area contributed by atoms with Crippen molar-refractivity contribution in [2.75, 3.05) is 20.1 Å². The van der Waals surface area contributed by atoms with Gasteiger partial charge >= 0.3 is 0 Å². The molecule has 0 spiro atoms. The SMILES string of the molecule is CN(C1CCCNC1)S(=O)(=O)c1ncccc1Cl. The first-order valence-corrected chi connectivity index (χ1v) is 7.64. The van der Waals surface area contributed by atoms with E-state index in [4.69, 9.17) is 11.6 Å². The Hall–Kier alpha value is -0.690. The molecule has 7 heteroatoms. The number of hydrogen-bond donors (Lipinski definition) is 1. The van der Waals surface area contributed by atoms with Gasteiger partial charge in [0.1, 0.15) is 0 Å². The van der Waals surface area contributed by atoms with Gasteiger partial charge in [0.15, 0.2) is 5.03 Å². The maximum atomic E-state index is 12.4. The van der Waals surface area contributed by atoms with Crippen molar-refractivity contribution in [3.8, 4) is 0 Å². The van der Waals surface area contributed by atoms with Crippen LogP contribution in [0.3, 0.4) is 0 Å². The number of rotatable bonds is 3. The van der Waals surface area contributed by atoms with Crippen LogP contribution < -0.4 is 5.32 Å². The molecule has 1 fully saturated rings. The predicted molar refractivity (Wildman–Crippen MR) is 70.1 cm³/mol. The van der Waals surface area contributed by atoms with Crippen molar-refractivity contribution in [1.29, 1.82) is 0 Å². The van der Waals surface area contributed by atoms with E-state index in [-0.39, 0.29) is 16.1 Å². The lowest BCUT2D eigenvalue weighted by molar-refractivity contribution is 0.299. The largest absolute Gasteiger partial charge is 0.315 e. The first-order chi connectivity index (χ1) is 8.53. The molecule has 1 aromatic heterocycles. The number of pyridine rings is 1. The fourth-order valence-corrected chi connectivity index (χ4v) is 3.81. The van der Waals surface area contributed by atoms with Gasteiger partial charge in [0.05, 0.1) is 5.02 Å². The zero-order chi connectivity index (χ0) is 13.2. The fraction of sp³-hybridized carbons (Fsp3) is 0.545. The van der Waals surface area contributed by atoms with Crippen LogP contribution in [0.2, 0.25) is 5.02 Å². The third-order valence-corrected chi connectivity index (χ3v) is 5.42. The van der Waals surface area contributed by atoms with Gasteiger partial charge < -0.3 is 5.32 Å². The van der Waals surface area contributed by atoms with Gasteiger partial charge in [0.2, 0.25) is 0 Å². The Morgan fingerprint density at radius 1 is 1.56 bits per heavy atom. The van der Waals surface area contributed by atoms with E-state index in [2.05, 4.69) is 10.3 Å². The number of likely N-dealkylation sites (N-methyl/N-ethyl adjacent to an activating group) is 1. The summed E-state index contributed by atoms with van der Waals surface area (Å²) in [5.41, 5.74) is 0. The second-order valence-corrected chi connectivity index (χ2v) is 6.63. The number of nitrogens with zero attached hydrogens (tertiary/aromatic N) is 2. The second kappa shape index (κ2) is 5.52. The maximum absolute atomic E-state index is 12.4. The Balaban J connectivity index is 2.28. The number of hydrogen-bond acceptors (Lipinski definition) is 4. The van der Waals surface area contributed by atoms with Crippen molar-refractivity contribution in [1.82, 2.24) is 14.6 Å². The highest BCUT2D eigenvalue weighted by Gasteiger charge is 2.31. The minimum absolute atomic E-state index is 0.0400.